The zero-order valence-electron chi connectivity index (χ0n) is 18.7. The van der Waals surface area contributed by atoms with Crippen LogP contribution < -0.4 is 24.8 Å². The second kappa shape index (κ2) is 11.3. The van der Waals surface area contributed by atoms with Crippen molar-refractivity contribution >= 4 is 44.6 Å². The number of sulfonamides is 1. The van der Waals surface area contributed by atoms with Crippen LogP contribution in [-0.2, 0) is 14.8 Å². The Morgan fingerprint density at radius 1 is 1.09 bits per heavy atom. The average Bonchev–Trinajstić information content (AvgIpc) is 2.81. The number of carbonyl (C=O) groups excluding carboxylic acids is 1. The SMILES string of the molecule is CCOc1ccc(NS(=O)(=O)c2ccc(OC)c(NC(=S)NC(=O)C3CCCCC3)c2)cc1. The first-order valence-corrected chi connectivity index (χ1v) is 12.8. The van der Waals surface area contributed by atoms with Crippen LogP contribution in [-0.4, -0.2) is 33.2 Å². The number of anilines is 2. The lowest BCUT2D eigenvalue weighted by Gasteiger charge is -2.21. The molecular weight excluding hydrogens is 462 g/mol. The summed E-state index contributed by atoms with van der Waals surface area (Å²) >= 11 is 5.29. The summed E-state index contributed by atoms with van der Waals surface area (Å²) < 4.78 is 39.1. The number of thiocarbonyl (C=S) groups is 1. The van der Waals surface area contributed by atoms with E-state index in [1.807, 2.05) is 6.92 Å². The third-order valence-corrected chi connectivity index (χ3v) is 6.94. The smallest absolute Gasteiger partial charge is 0.261 e. The molecule has 10 heteroatoms. The monoisotopic (exact) mass is 491 g/mol. The molecule has 0 bridgehead atoms. The van der Waals surface area contributed by atoms with Crippen molar-refractivity contribution < 1.29 is 22.7 Å². The first-order valence-electron chi connectivity index (χ1n) is 10.9. The molecule has 178 valence electrons. The number of nitrogens with one attached hydrogen (secondary N) is 3. The van der Waals surface area contributed by atoms with Crippen molar-refractivity contribution in [3.8, 4) is 11.5 Å². The van der Waals surface area contributed by atoms with Crippen LogP contribution in [0, 0.1) is 5.92 Å². The minimum absolute atomic E-state index is 0.0149. The molecule has 3 N–H and O–H groups in total. The Morgan fingerprint density at radius 3 is 2.42 bits per heavy atom. The van der Waals surface area contributed by atoms with Crippen molar-refractivity contribution in [2.24, 2.45) is 5.92 Å². The van der Waals surface area contributed by atoms with Crippen molar-refractivity contribution in [1.29, 1.82) is 0 Å². The Bertz CT molecular complexity index is 1080. The third-order valence-electron chi connectivity index (χ3n) is 5.36. The van der Waals surface area contributed by atoms with Gasteiger partial charge in [0, 0.05) is 11.6 Å². The van der Waals surface area contributed by atoms with E-state index in [1.54, 1.807) is 24.3 Å². The fourth-order valence-electron chi connectivity index (χ4n) is 3.68. The third kappa shape index (κ3) is 6.82. The summed E-state index contributed by atoms with van der Waals surface area (Å²) in [5, 5.41) is 5.70. The lowest BCUT2D eigenvalue weighted by Crippen LogP contribution is -2.39. The molecule has 1 aliphatic carbocycles. The van der Waals surface area contributed by atoms with Gasteiger partial charge in [-0.05, 0) is 74.4 Å². The van der Waals surface area contributed by atoms with E-state index >= 15 is 0 Å². The first kappa shape index (κ1) is 24.8. The van der Waals surface area contributed by atoms with Crippen LogP contribution in [0.5, 0.6) is 11.5 Å². The van der Waals surface area contributed by atoms with E-state index in [-0.39, 0.29) is 21.8 Å². The van der Waals surface area contributed by atoms with Crippen LogP contribution in [0.15, 0.2) is 47.4 Å². The molecule has 0 aliphatic heterocycles. The van der Waals surface area contributed by atoms with Crippen LogP contribution in [0.1, 0.15) is 39.0 Å². The van der Waals surface area contributed by atoms with E-state index in [1.165, 1.54) is 25.3 Å². The van der Waals surface area contributed by atoms with Crippen molar-refractivity contribution in [3.63, 3.8) is 0 Å². The number of rotatable bonds is 8. The van der Waals surface area contributed by atoms with Crippen molar-refractivity contribution in [3.05, 3.63) is 42.5 Å². The summed E-state index contributed by atoms with van der Waals surface area (Å²) in [6, 6.07) is 11.0. The Morgan fingerprint density at radius 2 is 1.79 bits per heavy atom. The second-order valence-corrected chi connectivity index (χ2v) is 9.79. The zero-order valence-corrected chi connectivity index (χ0v) is 20.4. The fourth-order valence-corrected chi connectivity index (χ4v) is 4.98. The largest absolute Gasteiger partial charge is 0.495 e. The Labute approximate surface area is 200 Å². The Hall–Kier alpha value is -2.85. The summed E-state index contributed by atoms with van der Waals surface area (Å²) in [4.78, 5) is 12.5. The highest BCUT2D eigenvalue weighted by Crippen LogP contribution is 2.29. The Balaban J connectivity index is 1.72. The van der Waals surface area contributed by atoms with E-state index in [2.05, 4.69) is 15.4 Å². The van der Waals surface area contributed by atoms with Crippen molar-refractivity contribution in [1.82, 2.24) is 5.32 Å². The molecule has 1 fully saturated rings. The van der Waals surface area contributed by atoms with Gasteiger partial charge in [-0.15, -0.1) is 0 Å². The van der Waals surface area contributed by atoms with Gasteiger partial charge in [-0.3, -0.25) is 9.52 Å². The lowest BCUT2D eigenvalue weighted by atomic mass is 9.89. The van der Waals surface area contributed by atoms with Gasteiger partial charge in [-0.25, -0.2) is 8.42 Å². The molecule has 0 atom stereocenters. The molecule has 0 unspecified atom stereocenters. The number of hydrogen-bond donors (Lipinski definition) is 3. The maximum Gasteiger partial charge on any atom is 0.261 e. The number of benzene rings is 2. The normalized spacial score (nSPS) is 14.2. The standard InChI is InChI=1S/C23H29N3O5S2/c1-3-31-18-11-9-17(10-12-18)26-33(28,29)19-13-14-21(30-2)20(15-19)24-23(32)25-22(27)16-7-5-4-6-8-16/h9-16,26H,3-8H2,1-2H3,(H2,24,25,27,32). The van der Waals surface area contributed by atoms with Crippen LogP contribution in [0.25, 0.3) is 0 Å². The predicted molar refractivity (Wildman–Crippen MR) is 132 cm³/mol. The van der Waals surface area contributed by atoms with E-state index in [0.717, 1.165) is 32.1 Å². The highest BCUT2D eigenvalue weighted by atomic mass is 32.2. The highest BCUT2D eigenvalue weighted by Gasteiger charge is 2.22. The Kier molecular flexibility index (Phi) is 8.51. The number of methoxy groups -OCH3 is 1. The van der Waals surface area contributed by atoms with E-state index < -0.39 is 10.0 Å². The van der Waals surface area contributed by atoms with Gasteiger partial charge in [-0.1, -0.05) is 19.3 Å². The lowest BCUT2D eigenvalue weighted by molar-refractivity contribution is -0.124. The molecule has 2 aromatic carbocycles. The van der Waals surface area contributed by atoms with Crippen molar-refractivity contribution in [2.45, 2.75) is 43.9 Å². The average molecular weight is 492 g/mol. The summed E-state index contributed by atoms with van der Waals surface area (Å²) in [6.07, 6.45) is 4.92. The molecule has 1 saturated carbocycles. The van der Waals surface area contributed by atoms with Gasteiger partial charge in [-0.2, -0.15) is 0 Å². The van der Waals surface area contributed by atoms with Crippen LogP contribution in [0.4, 0.5) is 11.4 Å². The molecule has 33 heavy (non-hydrogen) atoms. The highest BCUT2D eigenvalue weighted by molar-refractivity contribution is 7.92. The van der Waals surface area contributed by atoms with Gasteiger partial charge in [0.15, 0.2) is 5.11 Å². The quantitative estimate of drug-likeness (QED) is 0.473. The molecule has 0 spiro atoms. The van der Waals surface area contributed by atoms with E-state index in [0.29, 0.717) is 29.5 Å². The number of carbonyl (C=O) groups is 1. The second-order valence-electron chi connectivity index (χ2n) is 7.70. The molecule has 0 radical (unpaired) electrons. The molecule has 0 saturated heterocycles. The number of ether oxygens (including phenoxy) is 2. The summed E-state index contributed by atoms with van der Waals surface area (Å²) in [5.41, 5.74) is 0.736. The fraction of sp³-hybridized carbons (Fsp3) is 0.391. The number of amides is 1. The predicted octanol–water partition coefficient (Wildman–Crippen LogP) is 4.29. The first-order chi connectivity index (χ1) is 15.8. The summed E-state index contributed by atoms with van der Waals surface area (Å²) in [5.74, 6) is 0.877. The van der Waals surface area contributed by atoms with Gasteiger partial charge < -0.3 is 20.1 Å². The molecule has 1 amide bonds. The van der Waals surface area contributed by atoms with Crippen LogP contribution >= 0.6 is 12.2 Å². The van der Waals surface area contributed by atoms with Crippen molar-refractivity contribution in [2.75, 3.05) is 23.8 Å². The van der Waals surface area contributed by atoms with E-state index in [4.69, 9.17) is 21.7 Å². The van der Waals surface area contributed by atoms with Gasteiger partial charge in [0.25, 0.3) is 10.0 Å². The van der Waals surface area contributed by atoms with Crippen LogP contribution in [0.3, 0.4) is 0 Å². The summed E-state index contributed by atoms with van der Waals surface area (Å²) in [6.45, 7) is 2.40. The molecule has 3 rings (SSSR count). The van der Waals surface area contributed by atoms with Crippen LogP contribution in [0.2, 0.25) is 0 Å². The van der Waals surface area contributed by atoms with Gasteiger partial charge >= 0.3 is 0 Å². The topological polar surface area (TPSA) is 106 Å². The van der Waals surface area contributed by atoms with E-state index in [9.17, 15) is 13.2 Å². The number of hydrogen-bond acceptors (Lipinski definition) is 6. The molecule has 0 aromatic heterocycles. The zero-order chi connectivity index (χ0) is 23.8. The molecule has 0 heterocycles. The maximum absolute atomic E-state index is 12.9. The summed E-state index contributed by atoms with van der Waals surface area (Å²) in [7, 11) is -2.41. The molecule has 8 nitrogen and oxygen atoms in total. The molecule has 2 aromatic rings. The van der Waals surface area contributed by atoms with Gasteiger partial charge in [0.1, 0.15) is 11.5 Å². The maximum atomic E-state index is 12.9. The van der Waals surface area contributed by atoms with Gasteiger partial charge in [0.2, 0.25) is 5.91 Å². The molecular formula is C23H29N3O5S2. The molecule has 1 aliphatic rings. The minimum Gasteiger partial charge on any atom is -0.495 e. The van der Waals surface area contributed by atoms with Gasteiger partial charge in [0.05, 0.1) is 24.3 Å². The minimum atomic E-state index is -3.88.